The van der Waals surface area contributed by atoms with Gasteiger partial charge in [-0.1, -0.05) is 30.3 Å². The molecule has 0 saturated carbocycles. The van der Waals surface area contributed by atoms with Crippen LogP contribution in [0.5, 0.6) is 11.6 Å². The molecular formula is C20H11ClFN5O5. The summed E-state index contributed by atoms with van der Waals surface area (Å²) in [5, 5.41) is 12.5. The lowest BCUT2D eigenvalue weighted by Gasteiger charge is -2.11. The summed E-state index contributed by atoms with van der Waals surface area (Å²) < 4.78 is 19.7. The smallest absolute Gasteiger partial charge is 0.357 e. The van der Waals surface area contributed by atoms with Crippen molar-refractivity contribution in [2.24, 2.45) is 0 Å². The fourth-order valence-electron chi connectivity index (χ4n) is 3.01. The Labute approximate surface area is 182 Å². The van der Waals surface area contributed by atoms with Gasteiger partial charge in [0.2, 0.25) is 11.1 Å². The van der Waals surface area contributed by atoms with Crippen LogP contribution in [0.1, 0.15) is 11.3 Å². The first kappa shape index (κ1) is 20.9. The van der Waals surface area contributed by atoms with Crippen LogP contribution in [0.15, 0.2) is 52.2 Å². The van der Waals surface area contributed by atoms with Crippen molar-refractivity contribution in [2.45, 2.75) is 0 Å². The summed E-state index contributed by atoms with van der Waals surface area (Å²) in [6.45, 7) is 0. The van der Waals surface area contributed by atoms with Gasteiger partial charge in [0.15, 0.2) is 0 Å². The summed E-state index contributed by atoms with van der Waals surface area (Å²) >= 11 is 5.72. The molecular weight excluding hydrogens is 445 g/mol. The van der Waals surface area contributed by atoms with Gasteiger partial charge >= 0.3 is 16.9 Å². The van der Waals surface area contributed by atoms with E-state index in [2.05, 4.69) is 15.0 Å². The number of H-pyrrole nitrogens is 2. The Kier molecular flexibility index (Phi) is 5.48. The second kappa shape index (κ2) is 8.40. The average Bonchev–Trinajstić information content (AvgIpc) is 2.74. The van der Waals surface area contributed by atoms with Crippen LogP contribution in [0.2, 0.25) is 5.28 Å². The largest absolute Gasteiger partial charge is 0.436 e. The lowest BCUT2D eigenvalue weighted by molar-refractivity contribution is -0.386. The topological polar surface area (TPSA) is 144 Å². The third kappa shape index (κ3) is 4.09. The predicted molar refractivity (Wildman–Crippen MR) is 114 cm³/mol. The fourth-order valence-corrected chi connectivity index (χ4v) is 3.13. The molecule has 0 aliphatic rings. The van der Waals surface area contributed by atoms with Crippen LogP contribution in [0, 0.1) is 15.9 Å². The van der Waals surface area contributed by atoms with Crippen LogP contribution in [0.3, 0.4) is 0 Å². The van der Waals surface area contributed by atoms with Crippen LogP contribution < -0.4 is 16.0 Å². The number of halogens is 2. The van der Waals surface area contributed by atoms with E-state index in [1.807, 2.05) is 11.1 Å². The fraction of sp³-hybridized carbons (Fsp3) is 0. The number of nitrogens with zero attached hydrogens (tertiary/aromatic N) is 3. The number of benzene rings is 2. The van der Waals surface area contributed by atoms with E-state index in [-0.39, 0.29) is 16.7 Å². The van der Waals surface area contributed by atoms with Gasteiger partial charge in [-0.25, -0.2) is 9.78 Å². The molecule has 0 spiro atoms. The van der Waals surface area contributed by atoms with E-state index in [0.29, 0.717) is 10.9 Å². The first-order chi connectivity index (χ1) is 15.3. The molecule has 0 amide bonds. The molecule has 12 heteroatoms. The molecule has 32 heavy (non-hydrogen) atoms. The summed E-state index contributed by atoms with van der Waals surface area (Å²) in [7, 11) is 0. The first-order valence-electron chi connectivity index (χ1n) is 8.90. The Morgan fingerprint density at radius 1 is 1.12 bits per heavy atom. The van der Waals surface area contributed by atoms with Crippen molar-refractivity contribution in [3.8, 4) is 11.6 Å². The molecule has 4 rings (SSSR count). The minimum Gasteiger partial charge on any atom is -0.436 e. The van der Waals surface area contributed by atoms with Crippen molar-refractivity contribution in [3.05, 3.63) is 95.9 Å². The molecule has 0 bridgehead atoms. The lowest BCUT2D eigenvalue weighted by atomic mass is 10.0. The van der Waals surface area contributed by atoms with Crippen molar-refractivity contribution in [1.82, 2.24) is 19.9 Å². The maximum absolute atomic E-state index is 14.1. The SMILES string of the molecule is O=c1[nH]c(/C=C\c2c(Oc3nc(Cl)ncc3F)ccc3ccccc23)c([N+](=O)[O-])c(=O)[nH]1. The Morgan fingerprint density at radius 2 is 1.91 bits per heavy atom. The third-order valence-electron chi connectivity index (χ3n) is 4.36. The van der Waals surface area contributed by atoms with E-state index < -0.39 is 33.6 Å². The van der Waals surface area contributed by atoms with Crippen LogP contribution in [0.25, 0.3) is 22.9 Å². The zero-order chi connectivity index (χ0) is 22.8. The van der Waals surface area contributed by atoms with Gasteiger partial charge in [-0.05, 0) is 40.6 Å². The first-order valence-corrected chi connectivity index (χ1v) is 9.28. The van der Waals surface area contributed by atoms with Crippen molar-refractivity contribution in [2.75, 3.05) is 0 Å². The van der Waals surface area contributed by atoms with Crippen molar-refractivity contribution >= 4 is 40.2 Å². The molecule has 0 unspecified atom stereocenters. The molecule has 2 N–H and O–H groups in total. The highest BCUT2D eigenvalue weighted by Crippen LogP contribution is 2.33. The number of fused-ring (bicyclic) bond motifs is 1. The van der Waals surface area contributed by atoms with Crippen molar-refractivity contribution in [3.63, 3.8) is 0 Å². The zero-order valence-corrected chi connectivity index (χ0v) is 16.6. The molecule has 4 aromatic rings. The highest BCUT2D eigenvalue weighted by atomic mass is 35.5. The summed E-state index contributed by atoms with van der Waals surface area (Å²) in [5.41, 5.74) is -2.83. The normalized spacial score (nSPS) is 11.2. The Balaban J connectivity index is 1.89. The summed E-state index contributed by atoms with van der Waals surface area (Å²) in [4.78, 5) is 45.1. The number of nitrogens with one attached hydrogen (secondary N) is 2. The number of aromatic nitrogens is 4. The second-order valence-electron chi connectivity index (χ2n) is 6.35. The molecule has 0 radical (unpaired) electrons. The van der Waals surface area contributed by atoms with Gasteiger partial charge in [-0.3, -0.25) is 19.9 Å². The molecule has 0 fully saturated rings. The molecule has 2 aromatic carbocycles. The Morgan fingerprint density at radius 3 is 2.69 bits per heavy atom. The molecule has 0 aliphatic heterocycles. The van der Waals surface area contributed by atoms with Gasteiger partial charge in [0.1, 0.15) is 11.4 Å². The van der Waals surface area contributed by atoms with Crippen molar-refractivity contribution in [1.29, 1.82) is 0 Å². The number of aromatic amines is 2. The van der Waals surface area contributed by atoms with E-state index in [0.717, 1.165) is 11.6 Å². The maximum atomic E-state index is 14.1. The molecule has 10 nitrogen and oxygen atoms in total. The molecule has 2 heterocycles. The molecule has 2 aromatic heterocycles. The standard InChI is InChI=1S/C20H11ClFN5O5/c21-19-23-9-13(22)18(26-19)32-15-8-5-10-3-1-2-4-11(10)12(15)6-7-14-16(27(30)31)17(28)25-20(29)24-14/h1-9H,(H2,24,25,28,29)/b7-6-. The van der Waals surface area contributed by atoms with Gasteiger partial charge in [0.05, 0.1) is 11.1 Å². The molecule has 0 saturated heterocycles. The Bertz CT molecular complexity index is 1510. The maximum Gasteiger partial charge on any atom is 0.357 e. The number of nitro groups is 1. The monoisotopic (exact) mass is 455 g/mol. The second-order valence-corrected chi connectivity index (χ2v) is 6.69. The number of hydrogen-bond acceptors (Lipinski definition) is 7. The van der Waals surface area contributed by atoms with Gasteiger partial charge in [0, 0.05) is 5.56 Å². The van der Waals surface area contributed by atoms with Gasteiger partial charge in [-0.2, -0.15) is 9.37 Å². The average molecular weight is 456 g/mol. The highest BCUT2D eigenvalue weighted by Gasteiger charge is 2.19. The van der Waals surface area contributed by atoms with Crippen LogP contribution >= 0.6 is 11.6 Å². The summed E-state index contributed by atoms with van der Waals surface area (Å²) in [6.07, 6.45) is 3.44. The van der Waals surface area contributed by atoms with E-state index in [1.165, 1.54) is 12.2 Å². The number of rotatable bonds is 5. The van der Waals surface area contributed by atoms with E-state index in [9.17, 15) is 24.1 Å². The highest BCUT2D eigenvalue weighted by molar-refractivity contribution is 6.28. The number of ether oxygens (including phenoxy) is 1. The predicted octanol–water partition coefficient (Wildman–Crippen LogP) is 3.67. The molecule has 160 valence electrons. The van der Waals surface area contributed by atoms with Crippen LogP contribution in [-0.4, -0.2) is 24.9 Å². The van der Waals surface area contributed by atoms with Crippen LogP contribution in [-0.2, 0) is 0 Å². The van der Waals surface area contributed by atoms with Gasteiger partial charge in [-0.15, -0.1) is 0 Å². The van der Waals surface area contributed by atoms with E-state index >= 15 is 0 Å². The Hall–Kier alpha value is -4.38. The summed E-state index contributed by atoms with van der Waals surface area (Å²) in [5.74, 6) is -1.14. The van der Waals surface area contributed by atoms with Crippen LogP contribution in [0.4, 0.5) is 10.1 Å². The minimum absolute atomic E-state index is 0.142. The molecule has 0 aliphatic carbocycles. The quantitative estimate of drug-likeness (QED) is 0.265. The van der Waals surface area contributed by atoms with E-state index in [1.54, 1.807) is 30.3 Å². The van der Waals surface area contributed by atoms with Gasteiger partial charge in [0.25, 0.3) is 5.88 Å². The van der Waals surface area contributed by atoms with Crippen molar-refractivity contribution < 1.29 is 14.1 Å². The zero-order valence-electron chi connectivity index (χ0n) is 15.8. The third-order valence-corrected chi connectivity index (χ3v) is 4.55. The number of hydrogen-bond donors (Lipinski definition) is 2. The van der Waals surface area contributed by atoms with Gasteiger partial charge < -0.3 is 9.72 Å². The minimum atomic E-state index is -1.15. The van der Waals surface area contributed by atoms with E-state index in [4.69, 9.17) is 16.3 Å². The lowest BCUT2D eigenvalue weighted by Crippen LogP contribution is -2.25. The molecule has 0 atom stereocenters. The summed E-state index contributed by atoms with van der Waals surface area (Å²) in [6, 6.07) is 10.4.